The van der Waals surface area contributed by atoms with Gasteiger partial charge in [0.2, 0.25) is 5.60 Å². The molecule has 9 heteroatoms. The smallest absolute Gasteiger partial charge is 0.373 e. The molecule has 0 spiro atoms. The molecule has 0 aliphatic carbocycles. The first-order valence-corrected chi connectivity index (χ1v) is 9.45. The summed E-state index contributed by atoms with van der Waals surface area (Å²) in [6.07, 6.45) is -5.64. The van der Waals surface area contributed by atoms with Crippen molar-refractivity contribution in [3.05, 3.63) is 35.1 Å². The van der Waals surface area contributed by atoms with Crippen LogP contribution in [-0.2, 0) is 4.79 Å². The van der Waals surface area contributed by atoms with Crippen LogP contribution in [0.3, 0.4) is 0 Å². The predicted octanol–water partition coefficient (Wildman–Crippen LogP) is 3.15. The fourth-order valence-electron chi connectivity index (χ4n) is 3.76. The Balaban J connectivity index is 2.13. The second-order valence-electron chi connectivity index (χ2n) is 7.70. The van der Waals surface area contributed by atoms with Gasteiger partial charge < -0.3 is 14.9 Å². The van der Waals surface area contributed by atoms with Gasteiger partial charge in [-0.3, -0.25) is 9.59 Å². The maximum Gasteiger partial charge on any atom is 0.426 e. The zero-order valence-electron chi connectivity index (χ0n) is 16.9. The van der Waals surface area contributed by atoms with Gasteiger partial charge in [-0.1, -0.05) is 19.9 Å². The standard InChI is InChI=1S/C20H26F4N2O3/c1-5-19(29,20(22,23)24)18(28)26-9-8-16(13(3)11-26)25(4)17(27)14-7-6-12(2)10-15(14)21/h6-7,10,13,16,29H,5,8-9,11H2,1-4H3/t13-,16+,19-/m1/s1. The van der Waals surface area contributed by atoms with Crippen LogP contribution in [0, 0.1) is 18.7 Å². The summed E-state index contributed by atoms with van der Waals surface area (Å²) in [5, 5.41) is 9.91. The van der Waals surface area contributed by atoms with Crippen molar-refractivity contribution in [2.24, 2.45) is 5.92 Å². The van der Waals surface area contributed by atoms with Crippen LogP contribution in [0.15, 0.2) is 18.2 Å². The summed E-state index contributed by atoms with van der Waals surface area (Å²) in [5.74, 6) is -2.90. The number of piperidine rings is 1. The van der Waals surface area contributed by atoms with Crippen LogP contribution in [0.1, 0.15) is 42.6 Å². The number of likely N-dealkylation sites (tertiary alicyclic amines) is 1. The molecule has 1 aliphatic heterocycles. The molecule has 0 unspecified atom stereocenters. The van der Waals surface area contributed by atoms with Gasteiger partial charge in [0.1, 0.15) is 5.82 Å². The van der Waals surface area contributed by atoms with Crippen LogP contribution in [0.25, 0.3) is 0 Å². The largest absolute Gasteiger partial charge is 0.426 e. The van der Waals surface area contributed by atoms with Crippen LogP contribution in [0.5, 0.6) is 0 Å². The molecule has 0 radical (unpaired) electrons. The lowest BCUT2D eigenvalue weighted by Gasteiger charge is -2.43. The maximum atomic E-state index is 14.1. The van der Waals surface area contributed by atoms with Crippen molar-refractivity contribution in [1.82, 2.24) is 9.80 Å². The molecule has 29 heavy (non-hydrogen) atoms. The van der Waals surface area contributed by atoms with E-state index in [4.69, 9.17) is 0 Å². The number of amides is 2. The number of nitrogens with zero attached hydrogens (tertiary/aromatic N) is 2. The molecule has 2 rings (SSSR count). The molecule has 1 heterocycles. The third-order valence-electron chi connectivity index (χ3n) is 5.65. The van der Waals surface area contributed by atoms with Crippen molar-refractivity contribution < 1.29 is 32.3 Å². The first kappa shape index (κ1) is 23.1. The first-order valence-electron chi connectivity index (χ1n) is 9.45. The molecule has 1 aliphatic rings. The number of carbonyl (C=O) groups excluding carboxylic acids is 2. The van der Waals surface area contributed by atoms with Gasteiger partial charge in [0.05, 0.1) is 5.56 Å². The number of alkyl halides is 3. The van der Waals surface area contributed by atoms with Crippen molar-refractivity contribution in [2.45, 2.75) is 51.4 Å². The number of benzene rings is 1. The van der Waals surface area contributed by atoms with E-state index in [2.05, 4.69) is 0 Å². The van der Waals surface area contributed by atoms with Crippen LogP contribution in [-0.4, -0.2) is 64.7 Å². The monoisotopic (exact) mass is 418 g/mol. The minimum Gasteiger partial charge on any atom is -0.373 e. The molecule has 0 saturated carbocycles. The number of hydrogen-bond acceptors (Lipinski definition) is 3. The van der Waals surface area contributed by atoms with E-state index in [0.717, 1.165) is 11.8 Å². The second kappa shape index (κ2) is 8.30. The molecule has 5 nitrogen and oxygen atoms in total. The van der Waals surface area contributed by atoms with E-state index < -0.39 is 35.8 Å². The van der Waals surface area contributed by atoms with Gasteiger partial charge >= 0.3 is 6.18 Å². The molecule has 2 amide bonds. The summed E-state index contributed by atoms with van der Waals surface area (Å²) >= 11 is 0. The Morgan fingerprint density at radius 2 is 1.93 bits per heavy atom. The third-order valence-corrected chi connectivity index (χ3v) is 5.65. The van der Waals surface area contributed by atoms with Gasteiger partial charge in [0.15, 0.2) is 0 Å². The topological polar surface area (TPSA) is 60.9 Å². The van der Waals surface area contributed by atoms with E-state index in [0.29, 0.717) is 5.56 Å². The summed E-state index contributed by atoms with van der Waals surface area (Å²) in [6.45, 7) is 4.42. The average Bonchev–Trinajstić information content (AvgIpc) is 2.64. The molecule has 1 aromatic carbocycles. The number of aryl methyl sites for hydroxylation is 1. The van der Waals surface area contributed by atoms with Crippen LogP contribution >= 0.6 is 0 Å². The lowest BCUT2D eigenvalue weighted by molar-refractivity contribution is -0.258. The highest BCUT2D eigenvalue weighted by molar-refractivity contribution is 5.94. The third kappa shape index (κ3) is 4.39. The number of halogens is 4. The van der Waals surface area contributed by atoms with Gasteiger partial charge in [-0.25, -0.2) is 4.39 Å². The zero-order chi connectivity index (χ0) is 22.1. The van der Waals surface area contributed by atoms with Crippen molar-refractivity contribution >= 4 is 11.8 Å². The summed E-state index contributed by atoms with van der Waals surface area (Å²) in [4.78, 5) is 27.4. The highest BCUT2D eigenvalue weighted by Gasteiger charge is 2.59. The van der Waals surface area contributed by atoms with Crippen molar-refractivity contribution in [2.75, 3.05) is 20.1 Å². The molecule has 3 atom stereocenters. The number of rotatable bonds is 4. The van der Waals surface area contributed by atoms with E-state index >= 15 is 0 Å². The molecular weight excluding hydrogens is 392 g/mol. The fraction of sp³-hybridized carbons (Fsp3) is 0.600. The number of hydrogen-bond donors (Lipinski definition) is 1. The van der Waals surface area contributed by atoms with E-state index in [1.54, 1.807) is 19.9 Å². The summed E-state index contributed by atoms with van der Waals surface area (Å²) in [7, 11) is 1.51. The van der Waals surface area contributed by atoms with Crippen molar-refractivity contribution in [3.63, 3.8) is 0 Å². The Labute approximate surface area is 167 Å². The Morgan fingerprint density at radius 1 is 1.31 bits per heavy atom. The summed E-state index contributed by atoms with van der Waals surface area (Å²) in [6, 6.07) is 3.90. The highest BCUT2D eigenvalue weighted by atomic mass is 19.4. The minimum atomic E-state index is -5.07. The minimum absolute atomic E-state index is 0.0414. The van der Waals surface area contributed by atoms with E-state index in [1.807, 2.05) is 0 Å². The molecule has 0 bridgehead atoms. The lowest BCUT2D eigenvalue weighted by atomic mass is 9.89. The first-order chi connectivity index (χ1) is 13.3. The van der Waals surface area contributed by atoms with Crippen LogP contribution in [0.4, 0.5) is 17.6 Å². The zero-order valence-corrected chi connectivity index (χ0v) is 16.9. The molecule has 162 valence electrons. The van der Waals surface area contributed by atoms with Crippen LogP contribution < -0.4 is 0 Å². The van der Waals surface area contributed by atoms with Gasteiger partial charge in [0, 0.05) is 26.2 Å². The Kier molecular flexibility index (Phi) is 6.61. The van der Waals surface area contributed by atoms with Crippen molar-refractivity contribution in [3.8, 4) is 0 Å². The Hall–Kier alpha value is -2.16. The molecular formula is C20H26F4N2O3. The average molecular weight is 418 g/mol. The van der Waals surface area contributed by atoms with Gasteiger partial charge in [-0.05, 0) is 43.4 Å². The Morgan fingerprint density at radius 3 is 2.41 bits per heavy atom. The number of carbonyl (C=O) groups is 2. The number of aliphatic hydroxyl groups is 1. The van der Waals surface area contributed by atoms with Gasteiger partial charge in [0.25, 0.3) is 11.8 Å². The SMILES string of the molecule is CC[C@@](O)(C(=O)N1CC[C@H](N(C)C(=O)c2ccc(C)cc2F)[C@H](C)C1)C(F)(F)F. The van der Waals surface area contributed by atoms with Crippen LogP contribution in [0.2, 0.25) is 0 Å². The van der Waals surface area contributed by atoms with E-state index in [-0.39, 0.29) is 37.0 Å². The van der Waals surface area contributed by atoms with Gasteiger partial charge in [-0.2, -0.15) is 13.2 Å². The normalized spacial score (nSPS) is 22.2. The van der Waals surface area contributed by atoms with Gasteiger partial charge in [-0.15, -0.1) is 0 Å². The lowest BCUT2D eigenvalue weighted by Crippen LogP contribution is -2.61. The molecule has 1 aromatic rings. The fourth-order valence-corrected chi connectivity index (χ4v) is 3.76. The molecule has 1 saturated heterocycles. The Bertz CT molecular complexity index is 783. The molecule has 0 aromatic heterocycles. The van der Waals surface area contributed by atoms with Crippen molar-refractivity contribution in [1.29, 1.82) is 0 Å². The quantitative estimate of drug-likeness (QED) is 0.765. The second-order valence-corrected chi connectivity index (χ2v) is 7.70. The molecule has 1 fully saturated rings. The summed E-state index contributed by atoms with van der Waals surface area (Å²) < 4.78 is 53.7. The highest BCUT2D eigenvalue weighted by Crippen LogP contribution is 2.36. The molecule has 1 N–H and O–H groups in total. The maximum absolute atomic E-state index is 14.1. The van der Waals surface area contributed by atoms with E-state index in [1.165, 1.54) is 24.1 Å². The summed E-state index contributed by atoms with van der Waals surface area (Å²) in [5.41, 5.74) is -2.83. The predicted molar refractivity (Wildman–Crippen MR) is 98.7 cm³/mol. The van der Waals surface area contributed by atoms with E-state index in [9.17, 15) is 32.3 Å².